The fourth-order valence-electron chi connectivity index (χ4n) is 4.41. The Morgan fingerprint density at radius 2 is 1.79 bits per heavy atom. The number of nitrogens with zero attached hydrogens (tertiary/aromatic N) is 2. The molecule has 39 heavy (non-hydrogen) atoms. The summed E-state index contributed by atoms with van der Waals surface area (Å²) in [5, 5.41) is 11.3. The van der Waals surface area contributed by atoms with Crippen LogP contribution in [0.3, 0.4) is 0 Å². The van der Waals surface area contributed by atoms with E-state index in [4.69, 9.17) is 4.99 Å². The molecule has 1 atom stereocenters. The second-order valence-electron chi connectivity index (χ2n) is 9.91. The Balaban J connectivity index is 1.37. The number of hydrogen-bond acceptors (Lipinski definition) is 5. The van der Waals surface area contributed by atoms with Crippen LogP contribution in [0.2, 0.25) is 0 Å². The minimum atomic E-state index is -0.292. The molecule has 4 aromatic rings. The number of fused-ring (bicyclic) bond motifs is 1. The molecule has 0 radical (unpaired) electrons. The number of rotatable bonds is 8. The van der Waals surface area contributed by atoms with Gasteiger partial charge in [-0.25, -0.2) is 4.39 Å². The van der Waals surface area contributed by atoms with Crippen LogP contribution >= 0.6 is 0 Å². The number of halogens is 1. The summed E-state index contributed by atoms with van der Waals surface area (Å²) in [6.07, 6.45) is 2.40. The fraction of sp³-hybridized carbons (Fsp3) is 0.226. The first-order valence-electron chi connectivity index (χ1n) is 13.0. The van der Waals surface area contributed by atoms with Gasteiger partial charge in [-0.05, 0) is 59.3 Å². The zero-order valence-electron chi connectivity index (χ0n) is 21.9. The van der Waals surface area contributed by atoms with Gasteiger partial charge in [0.1, 0.15) is 17.3 Å². The Bertz CT molecular complexity index is 1550. The molecule has 1 aliphatic rings. The van der Waals surface area contributed by atoms with E-state index in [2.05, 4.69) is 20.9 Å². The van der Waals surface area contributed by atoms with E-state index in [1.807, 2.05) is 62.5 Å². The summed E-state index contributed by atoms with van der Waals surface area (Å²) >= 11 is 0. The van der Waals surface area contributed by atoms with Gasteiger partial charge < -0.3 is 16.0 Å². The summed E-state index contributed by atoms with van der Waals surface area (Å²) in [5.74, 6) is -0.209. The lowest BCUT2D eigenvalue weighted by molar-refractivity contribution is -0.118. The summed E-state index contributed by atoms with van der Waals surface area (Å²) in [7, 11) is 0. The molecule has 2 amide bonds. The molecule has 1 aromatic heterocycles. The average Bonchev–Trinajstić information content (AvgIpc) is 3.44. The van der Waals surface area contributed by atoms with E-state index in [9.17, 15) is 14.0 Å². The normalized spacial score (nSPS) is 14.7. The van der Waals surface area contributed by atoms with Gasteiger partial charge in [-0.1, -0.05) is 50.2 Å². The standard InChI is InChI=1S/C31H30FN5O2/c1-19(2)30(38)36-26-14-23(13-24(15-26)31(39)33-12-11-20-7-9-25(32)10-8-20)28-18-35-29(37-28)27-16-21-5-3-4-6-22(21)17-34-27/h3-10,13-17,19,28H,11-12,18H2,1-2H3,(H,33,39)(H,35,37)(H,36,38). The third-order valence-electron chi connectivity index (χ3n) is 6.63. The minimum Gasteiger partial charge on any atom is -0.366 e. The van der Waals surface area contributed by atoms with Crippen molar-refractivity contribution < 1.29 is 14.0 Å². The number of nitrogens with one attached hydrogen (secondary N) is 3. The van der Waals surface area contributed by atoms with Crippen LogP contribution in [0.1, 0.15) is 47.1 Å². The molecule has 3 aromatic carbocycles. The lowest BCUT2D eigenvalue weighted by Crippen LogP contribution is -2.26. The van der Waals surface area contributed by atoms with Crippen molar-refractivity contribution in [2.45, 2.75) is 26.3 Å². The van der Waals surface area contributed by atoms with Crippen LogP contribution in [0, 0.1) is 11.7 Å². The largest absolute Gasteiger partial charge is 0.366 e. The molecular weight excluding hydrogens is 493 g/mol. The molecule has 1 unspecified atom stereocenters. The van der Waals surface area contributed by atoms with Crippen LogP contribution in [-0.4, -0.2) is 35.7 Å². The van der Waals surface area contributed by atoms with E-state index in [1.54, 1.807) is 18.2 Å². The van der Waals surface area contributed by atoms with Crippen molar-refractivity contribution in [3.05, 3.63) is 107 Å². The molecule has 0 aliphatic carbocycles. The number of amidine groups is 1. The molecule has 3 N–H and O–H groups in total. The second-order valence-corrected chi connectivity index (χ2v) is 9.91. The highest BCUT2D eigenvalue weighted by molar-refractivity contribution is 6.01. The van der Waals surface area contributed by atoms with Gasteiger partial charge in [0.05, 0.1) is 6.04 Å². The Morgan fingerprint density at radius 1 is 1.03 bits per heavy atom. The second kappa shape index (κ2) is 11.4. The van der Waals surface area contributed by atoms with Crippen molar-refractivity contribution in [2.75, 3.05) is 18.4 Å². The maximum Gasteiger partial charge on any atom is 0.251 e. The van der Waals surface area contributed by atoms with Gasteiger partial charge in [-0.15, -0.1) is 0 Å². The number of pyridine rings is 1. The third-order valence-corrected chi connectivity index (χ3v) is 6.63. The van der Waals surface area contributed by atoms with Gasteiger partial charge in [-0.2, -0.15) is 0 Å². The van der Waals surface area contributed by atoms with E-state index < -0.39 is 0 Å². The van der Waals surface area contributed by atoms with Crippen LogP contribution in [-0.2, 0) is 11.2 Å². The SMILES string of the molecule is CC(C)C(=O)Nc1cc(C(=O)NCCc2ccc(F)cc2)cc(C2CNC(c3cc4ccccc4cn3)=N2)c1. The number of carbonyl (C=O) groups is 2. The molecular formula is C31H30FN5O2. The number of aliphatic imine (C=N–C) groups is 1. The molecule has 1 aliphatic heterocycles. The quantitative estimate of drug-likeness (QED) is 0.302. The first kappa shape index (κ1) is 26.0. The third kappa shape index (κ3) is 6.29. The van der Waals surface area contributed by atoms with Crippen LogP contribution in [0.25, 0.3) is 10.8 Å². The van der Waals surface area contributed by atoms with E-state index in [1.165, 1.54) is 12.1 Å². The molecule has 0 fully saturated rings. The van der Waals surface area contributed by atoms with Crippen molar-refractivity contribution in [3.63, 3.8) is 0 Å². The molecule has 0 saturated carbocycles. The number of aromatic nitrogens is 1. The summed E-state index contributed by atoms with van der Waals surface area (Å²) in [6, 6.07) is 21.3. The maximum absolute atomic E-state index is 13.2. The van der Waals surface area contributed by atoms with Gasteiger partial charge in [0.15, 0.2) is 0 Å². The highest BCUT2D eigenvalue weighted by Crippen LogP contribution is 2.27. The highest BCUT2D eigenvalue weighted by Gasteiger charge is 2.23. The molecule has 0 saturated heterocycles. The van der Waals surface area contributed by atoms with Gasteiger partial charge in [-0.3, -0.25) is 19.6 Å². The van der Waals surface area contributed by atoms with Crippen molar-refractivity contribution in [1.29, 1.82) is 0 Å². The number of carbonyl (C=O) groups excluding carboxylic acids is 2. The summed E-state index contributed by atoms with van der Waals surface area (Å²) in [4.78, 5) is 35.0. The van der Waals surface area contributed by atoms with Gasteiger partial charge in [0.25, 0.3) is 5.91 Å². The van der Waals surface area contributed by atoms with Crippen LogP contribution in [0.5, 0.6) is 0 Å². The average molecular weight is 524 g/mol. The van der Waals surface area contributed by atoms with Crippen molar-refractivity contribution in [2.24, 2.45) is 10.9 Å². The zero-order valence-corrected chi connectivity index (χ0v) is 21.9. The summed E-state index contributed by atoms with van der Waals surface area (Å²) < 4.78 is 13.2. The highest BCUT2D eigenvalue weighted by atomic mass is 19.1. The Hall–Kier alpha value is -4.59. The maximum atomic E-state index is 13.2. The number of hydrogen-bond donors (Lipinski definition) is 3. The Kier molecular flexibility index (Phi) is 7.63. The Morgan fingerprint density at radius 3 is 2.56 bits per heavy atom. The zero-order chi connectivity index (χ0) is 27.4. The lowest BCUT2D eigenvalue weighted by Gasteiger charge is -2.14. The summed E-state index contributed by atoms with van der Waals surface area (Å²) in [5.41, 5.74) is 3.46. The van der Waals surface area contributed by atoms with Gasteiger partial charge in [0.2, 0.25) is 5.91 Å². The van der Waals surface area contributed by atoms with Crippen LogP contribution < -0.4 is 16.0 Å². The lowest BCUT2D eigenvalue weighted by atomic mass is 10.0. The molecule has 0 spiro atoms. The first-order chi connectivity index (χ1) is 18.9. The molecule has 198 valence electrons. The smallest absolute Gasteiger partial charge is 0.251 e. The van der Waals surface area contributed by atoms with Gasteiger partial charge in [0, 0.05) is 41.8 Å². The van der Waals surface area contributed by atoms with E-state index in [0.29, 0.717) is 36.6 Å². The molecule has 2 heterocycles. The van der Waals surface area contributed by atoms with Gasteiger partial charge >= 0.3 is 0 Å². The fourth-order valence-corrected chi connectivity index (χ4v) is 4.41. The van der Waals surface area contributed by atoms with Crippen molar-refractivity contribution in [3.8, 4) is 0 Å². The molecule has 8 heteroatoms. The topological polar surface area (TPSA) is 95.5 Å². The van der Waals surface area contributed by atoms with E-state index in [-0.39, 0.29) is 29.6 Å². The molecule has 7 nitrogen and oxygen atoms in total. The monoisotopic (exact) mass is 523 g/mol. The Labute approximate surface area is 226 Å². The molecule has 5 rings (SSSR count). The number of anilines is 1. The first-order valence-corrected chi connectivity index (χ1v) is 13.0. The van der Waals surface area contributed by atoms with E-state index >= 15 is 0 Å². The van der Waals surface area contributed by atoms with Crippen LogP contribution in [0.15, 0.2) is 84.0 Å². The van der Waals surface area contributed by atoms with Crippen LogP contribution in [0.4, 0.5) is 10.1 Å². The van der Waals surface area contributed by atoms with Crippen molar-refractivity contribution in [1.82, 2.24) is 15.6 Å². The number of benzene rings is 3. The van der Waals surface area contributed by atoms with Crippen molar-refractivity contribution >= 4 is 34.1 Å². The minimum absolute atomic E-state index is 0.135. The number of amides is 2. The predicted octanol–water partition coefficient (Wildman–Crippen LogP) is 5.03. The molecule has 0 bridgehead atoms. The van der Waals surface area contributed by atoms with E-state index in [0.717, 1.165) is 27.6 Å². The predicted molar refractivity (Wildman–Crippen MR) is 151 cm³/mol. The summed E-state index contributed by atoms with van der Waals surface area (Å²) in [6.45, 7) is 4.56.